The van der Waals surface area contributed by atoms with Crippen LogP contribution in [0.25, 0.3) is 0 Å². The fourth-order valence-electron chi connectivity index (χ4n) is 1.33. The topological polar surface area (TPSA) is 141 Å². The van der Waals surface area contributed by atoms with Crippen LogP contribution in [-0.2, 0) is 10.1 Å². The number of benzene rings is 2. The molecule has 0 aromatic heterocycles. The van der Waals surface area contributed by atoms with Gasteiger partial charge in [-0.3, -0.25) is 24.8 Å². The lowest BCUT2D eigenvalue weighted by molar-refractivity contribution is -0.394. The summed E-state index contributed by atoms with van der Waals surface area (Å²) in [6.07, 6.45) is 0. The van der Waals surface area contributed by atoms with E-state index >= 15 is 0 Å². The van der Waals surface area contributed by atoms with Gasteiger partial charge in [-0.25, -0.2) is 0 Å². The predicted octanol–water partition coefficient (Wildman–Crippen LogP) is 3.09. The molecule has 23 heavy (non-hydrogen) atoms. The molecule has 0 saturated heterocycles. The van der Waals surface area contributed by atoms with E-state index in [0.717, 1.165) is 6.07 Å². The Labute approximate surface area is 135 Å². The molecular weight excluding hydrogens is 352 g/mol. The molecule has 2 rings (SSSR count). The van der Waals surface area contributed by atoms with Crippen molar-refractivity contribution in [1.82, 2.24) is 0 Å². The number of hydrogen-bond acceptors (Lipinski definition) is 6. The molecule has 0 aliphatic carbocycles. The molecule has 0 heterocycles. The zero-order valence-electron chi connectivity index (χ0n) is 11.2. The van der Waals surface area contributed by atoms with E-state index < -0.39 is 20.0 Å². The van der Waals surface area contributed by atoms with Crippen molar-refractivity contribution in [1.29, 1.82) is 0 Å². The fourth-order valence-corrected chi connectivity index (χ4v) is 1.93. The van der Waals surface area contributed by atoms with E-state index in [1.165, 1.54) is 42.5 Å². The highest BCUT2D eigenvalue weighted by molar-refractivity contribution is 7.85. The zero-order valence-corrected chi connectivity index (χ0v) is 12.8. The highest BCUT2D eigenvalue weighted by Crippen LogP contribution is 2.18. The van der Waals surface area contributed by atoms with Gasteiger partial charge >= 0.3 is 0 Å². The molecule has 0 aliphatic heterocycles. The molecular formula is C12H9ClN2O7S. The summed E-state index contributed by atoms with van der Waals surface area (Å²) < 4.78 is 29.4. The lowest BCUT2D eigenvalue weighted by Gasteiger charge is -1.94. The first-order valence-corrected chi connectivity index (χ1v) is 7.55. The van der Waals surface area contributed by atoms with Gasteiger partial charge in [0, 0.05) is 17.2 Å². The minimum atomic E-state index is -4.08. The molecule has 0 radical (unpaired) electrons. The number of non-ortho nitro benzene ring substituents is 2. The van der Waals surface area contributed by atoms with Crippen molar-refractivity contribution in [2.24, 2.45) is 0 Å². The maximum atomic E-state index is 10.5. The maximum Gasteiger partial charge on any atom is 0.294 e. The molecule has 122 valence electrons. The molecule has 0 unspecified atom stereocenters. The second-order valence-corrected chi connectivity index (χ2v) is 5.82. The van der Waals surface area contributed by atoms with Gasteiger partial charge in [-0.15, -0.1) is 0 Å². The van der Waals surface area contributed by atoms with Gasteiger partial charge in [-0.1, -0.05) is 11.6 Å². The van der Waals surface area contributed by atoms with Crippen molar-refractivity contribution in [3.8, 4) is 0 Å². The number of rotatable bonds is 3. The van der Waals surface area contributed by atoms with Gasteiger partial charge < -0.3 is 0 Å². The Hall–Kier alpha value is -2.56. The van der Waals surface area contributed by atoms with Crippen molar-refractivity contribution >= 4 is 33.1 Å². The van der Waals surface area contributed by atoms with Gasteiger partial charge in [0.25, 0.3) is 21.5 Å². The third-order valence-electron chi connectivity index (χ3n) is 2.36. The predicted molar refractivity (Wildman–Crippen MR) is 81.0 cm³/mol. The standard InChI is InChI=1S/C6H5ClO3S.C6H4N2O4/c7-5-1-3-6(4-2-5)11(8,9)10;9-7(10)5-2-1-3-6(4-5)8(11)12/h1-4H,(H,8,9,10);1-4H. The number of nitro groups is 2. The van der Waals surface area contributed by atoms with E-state index in [-0.39, 0.29) is 16.3 Å². The summed E-state index contributed by atoms with van der Waals surface area (Å²) in [6, 6.07) is 9.85. The molecule has 9 nitrogen and oxygen atoms in total. The number of hydrogen-bond donors (Lipinski definition) is 1. The lowest BCUT2D eigenvalue weighted by Crippen LogP contribution is -1.96. The van der Waals surface area contributed by atoms with Crippen molar-refractivity contribution in [2.75, 3.05) is 0 Å². The Bertz CT molecular complexity index is 792. The average molecular weight is 361 g/mol. The van der Waals surface area contributed by atoms with E-state index in [2.05, 4.69) is 0 Å². The van der Waals surface area contributed by atoms with E-state index in [1.807, 2.05) is 0 Å². The van der Waals surface area contributed by atoms with Gasteiger partial charge in [0.1, 0.15) is 0 Å². The van der Waals surface area contributed by atoms with Crippen LogP contribution in [0.15, 0.2) is 53.4 Å². The van der Waals surface area contributed by atoms with E-state index in [1.54, 1.807) is 0 Å². The summed E-state index contributed by atoms with van der Waals surface area (Å²) in [7, 11) is -4.08. The molecule has 2 aromatic carbocycles. The normalized spacial score (nSPS) is 10.3. The van der Waals surface area contributed by atoms with E-state index in [4.69, 9.17) is 16.2 Å². The minimum absolute atomic E-state index is 0.151. The molecule has 1 N–H and O–H groups in total. The van der Waals surface area contributed by atoms with Gasteiger partial charge in [-0.05, 0) is 30.3 Å². The van der Waals surface area contributed by atoms with E-state index in [0.29, 0.717) is 5.02 Å². The van der Waals surface area contributed by atoms with Crippen molar-refractivity contribution in [3.63, 3.8) is 0 Å². The zero-order chi connectivity index (χ0) is 17.6. The van der Waals surface area contributed by atoms with Crippen LogP contribution in [0.3, 0.4) is 0 Å². The quantitative estimate of drug-likeness (QED) is 0.503. The first kappa shape index (κ1) is 18.5. The molecule has 11 heteroatoms. The number of halogens is 1. The molecule has 0 amide bonds. The summed E-state index contributed by atoms with van der Waals surface area (Å²) >= 11 is 5.49. The first-order chi connectivity index (χ1) is 10.6. The summed E-state index contributed by atoms with van der Waals surface area (Å²) in [5, 5.41) is 20.7. The molecule has 0 aliphatic rings. The Morgan fingerprint density at radius 1 is 0.913 bits per heavy atom. The lowest BCUT2D eigenvalue weighted by atomic mass is 10.3. The Balaban J connectivity index is 0.000000231. The van der Waals surface area contributed by atoms with Crippen LogP contribution in [0.2, 0.25) is 5.02 Å². The van der Waals surface area contributed by atoms with Crippen LogP contribution in [0, 0.1) is 20.2 Å². The second kappa shape index (κ2) is 7.63. The Morgan fingerprint density at radius 2 is 1.35 bits per heavy atom. The van der Waals surface area contributed by atoms with Crippen LogP contribution in [0.5, 0.6) is 0 Å². The number of nitrogens with zero attached hydrogens (tertiary/aromatic N) is 2. The monoisotopic (exact) mass is 360 g/mol. The minimum Gasteiger partial charge on any atom is -0.282 e. The summed E-state index contributed by atoms with van der Waals surface area (Å²) in [5.41, 5.74) is -0.548. The highest BCUT2D eigenvalue weighted by atomic mass is 35.5. The molecule has 0 spiro atoms. The summed E-state index contributed by atoms with van der Waals surface area (Å²) in [6.45, 7) is 0. The number of nitro benzene ring substituents is 2. The summed E-state index contributed by atoms with van der Waals surface area (Å²) in [4.78, 5) is 18.8. The van der Waals surface area contributed by atoms with E-state index in [9.17, 15) is 28.6 Å². The van der Waals surface area contributed by atoms with Crippen LogP contribution in [-0.4, -0.2) is 22.8 Å². The molecule has 0 fully saturated rings. The van der Waals surface area contributed by atoms with Crippen LogP contribution in [0.4, 0.5) is 11.4 Å². The fraction of sp³-hybridized carbons (Fsp3) is 0. The van der Waals surface area contributed by atoms with Crippen LogP contribution < -0.4 is 0 Å². The smallest absolute Gasteiger partial charge is 0.282 e. The third kappa shape index (κ3) is 5.98. The first-order valence-electron chi connectivity index (χ1n) is 5.73. The largest absolute Gasteiger partial charge is 0.294 e. The van der Waals surface area contributed by atoms with Crippen molar-refractivity contribution < 1.29 is 22.8 Å². The molecule has 0 atom stereocenters. The van der Waals surface area contributed by atoms with Crippen LogP contribution >= 0.6 is 11.6 Å². The Kier molecular flexibility index (Phi) is 6.13. The Morgan fingerprint density at radius 3 is 1.70 bits per heavy atom. The molecule has 0 saturated carbocycles. The van der Waals surface area contributed by atoms with Crippen LogP contribution in [0.1, 0.15) is 0 Å². The third-order valence-corrected chi connectivity index (χ3v) is 3.48. The average Bonchev–Trinajstić information content (AvgIpc) is 2.47. The highest BCUT2D eigenvalue weighted by Gasteiger charge is 2.11. The second-order valence-electron chi connectivity index (χ2n) is 3.96. The van der Waals surface area contributed by atoms with Crippen molar-refractivity contribution in [2.45, 2.75) is 4.90 Å². The maximum absolute atomic E-state index is 10.5. The summed E-state index contributed by atoms with van der Waals surface area (Å²) in [5.74, 6) is 0. The SMILES string of the molecule is O=S(=O)(O)c1ccc(Cl)cc1.O=[N+]([O-])c1cccc([N+](=O)[O-])c1. The van der Waals surface area contributed by atoms with Crippen molar-refractivity contribution in [3.05, 3.63) is 73.8 Å². The van der Waals surface area contributed by atoms with Gasteiger partial charge in [0.15, 0.2) is 0 Å². The van der Waals surface area contributed by atoms with Gasteiger partial charge in [0.05, 0.1) is 20.8 Å². The molecule has 2 aromatic rings. The van der Waals surface area contributed by atoms with Gasteiger partial charge in [0.2, 0.25) is 0 Å². The molecule has 0 bridgehead atoms. The van der Waals surface area contributed by atoms with Gasteiger partial charge in [-0.2, -0.15) is 8.42 Å².